The number of rotatable bonds is 4. The van der Waals surface area contributed by atoms with Crippen LogP contribution in [0.25, 0.3) is 0 Å². The summed E-state index contributed by atoms with van der Waals surface area (Å²) in [6.45, 7) is 1.61. The Labute approximate surface area is 114 Å². The molecule has 1 aliphatic carbocycles. The summed E-state index contributed by atoms with van der Waals surface area (Å²) in [5.74, 6) is -0.481. The van der Waals surface area contributed by atoms with Gasteiger partial charge in [0.1, 0.15) is 6.10 Å². The van der Waals surface area contributed by atoms with Crippen molar-refractivity contribution in [1.82, 2.24) is 9.94 Å². The SMILES string of the molecule is CCC(=O)Nc1cc(C(F)(F)F)nn1OC1CCCC1. The van der Waals surface area contributed by atoms with Crippen LogP contribution in [0.1, 0.15) is 44.7 Å². The Morgan fingerprint density at radius 1 is 1.50 bits per heavy atom. The van der Waals surface area contributed by atoms with Crippen molar-refractivity contribution < 1.29 is 22.8 Å². The highest BCUT2D eigenvalue weighted by Gasteiger charge is 2.36. The molecular formula is C12H16F3N3O2. The molecule has 0 atom stereocenters. The minimum Gasteiger partial charge on any atom is -0.392 e. The van der Waals surface area contributed by atoms with E-state index in [0.717, 1.165) is 36.6 Å². The topological polar surface area (TPSA) is 56.2 Å². The van der Waals surface area contributed by atoms with Gasteiger partial charge >= 0.3 is 6.18 Å². The van der Waals surface area contributed by atoms with Crippen molar-refractivity contribution in [2.45, 2.75) is 51.3 Å². The van der Waals surface area contributed by atoms with Gasteiger partial charge in [-0.15, -0.1) is 5.10 Å². The lowest BCUT2D eigenvalue weighted by Crippen LogP contribution is -2.26. The molecule has 0 aliphatic heterocycles. The first-order valence-electron chi connectivity index (χ1n) is 6.54. The van der Waals surface area contributed by atoms with Gasteiger partial charge in [0.25, 0.3) is 0 Å². The fraction of sp³-hybridized carbons (Fsp3) is 0.667. The van der Waals surface area contributed by atoms with Gasteiger partial charge in [-0.25, -0.2) is 0 Å². The predicted molar refractivity (Wildman–Crippen MR) is 65.0 cm³/mol. The zero-order chi connectivity index (χ0) is 14.8. The van der Waals surface area contributed by atoms with E-state index in [1.54, 1.807) is 6.92 Å². The average Bonchev–Trinajstić information content (AvgIpc) is 2.99. The Bertz CT molecular complexity index is 479. The van der Waals surface area contributed by atoms with Crippen molar-refractivity contribution in [1.29, 1.82) is 0 Å². The highest BCUT2D eigenvalue weighted by molar-refractivity contribution is 5.89. The number of carbonyl (C=O) groups excluding carboxylic acids is 1. The number of anilines is 1. The van der Waals surface area contributed by atoms with Crippen LogP contribution in [0, 0.1) is 0 Å². The minimum absolute atomic E-state index is 0.0870. The molecule has 20 heavy (non-hydrogen) atoms. The maximum atomic E-state index is 12.7. The van der Waals surface area contributed by atoms with Crippen molar-refractivity contribution in [2.75, 3.05) is 5.32 Å². The van der Waals surface area contributed by atoms with E-state index < -0.39 is 17.8 Å². The van der Waals surface area contributed by atoms with Crippen molar-refractivity contribution in [3.63, 3.8) is 0 Å². The molecule has 1 saturated carbocycles. The number of alkyl halides is 3. The van der Waals surface area contributed by atoms with Crippen molar-refractivity contribution >= 4 is 11.7 Å². The van der Waals surface area contributed by atoms with Gasteiger partial charge in [0, 0.05) is 12.5 Å². The van der Waals surface area contributed by atoms with Crippen LogP contribution in [0.15, 0.2) is 6.07 Å². The van der Waals surface area contributed by atoms with E-state index in [-0.39, 0.29) is 18.3 Å². The molecule has 1 aliphatic rings. The Kier molecular flexibility index (Phi) is 4.20. The maximum Gasteiger partial charge on any atom is 0.435 e. The number of hydrogen-bond donors (Lipinski definition) is 1. The molecule has 2 rings (SSSR count). The normalized spacial score (nSPS) is 16.4. The lowest BCUT2D eigenvalue weighted by atomic mass is 10.3. The molecule has 1 N–H and O–H groups in total. The third kappa shape index (κ3) is 3.43. The number of hydrogen-bond acceptors (Lipinski definition) is 3. The summed E-state index contributed by atoms with van der Waals surface area (Å²) < 4.78 is 38.0. The second kappa shape index (κ2) is 5.72. The molecule has 1 aromatic rings. The fourth-order valence-electron chi connectivity index (χ4n) is 2.03. The van der Waals surface area contributed by atoms with Crippen LogP contribution in [0.4, 0.5) is 19.0 Å². The Morgan fingerprint density at radius 3 is 2.70 bits per heavy atom. The summed E-state index contributed by atoms with van der Waals surface area (Å²) in [4.78, 5) is 17.5. The molecule has 8 heteroatoms. The summed E-state index contributed by atoms with van der Waals surface area (Å²) in [5.41, 5.74) is -1.08. The van der Waals surface area contributed by atoms with Gasteiger partial charge in [-0.2, -0.15) is 13.2 Å². The van der Waals surface area contributed by atoms with Gasteiger partial charge in [-0.1, -0.05) is 11.8 Å². The molecular weight excluding hydrogens is 275 g/mol. The second-order valence-corrected chi connectivity index (χ2v) is 4.70. The number of halogens is 3. The molecule has 112 valence electrons. The number of amides is 1. The molecule has 0 aromatic carbocycles. The van der Waals surface area contributed by atoms with Gasteiger partial charge in [0.2, 0.25) is 5.91 Å². The highest BCUT2D eigenvalue weighted by atomic mass is 19.4. The van der Waals surface area contributed by atoms with Gasteiger partial charge in [0.15, 0.2) is 11.5 Å². The highest BCUT2D eigenvalue weighted by Crippen LogP contribution is 2.30. The summed E-state index contributed by atoms with van der Waals surface area (Å²) >= 11 is 0. The van der Waals surface area contributed by atoms with Crippen molar-refractivity contribution in [3.05, 3.63) is 11.8 Å². The van der Waals surface area contributed by atoms with Crippen LogP contribution in [0.3, 0.4) is 0 Å². The van der Waals surface area contributed by atoms with E-state index in [9.17, 15) is 18.0 Å². The third-order valence-corrected chi connectivity index (χ3v) is 3.11. The summed E-state index contributed by atoms with van der Waals surface area (Å²) in [6.07, 6.45) is -1.05. The fourth-order valence-corrected chi connectivity index (χ4v) is 2.03. The first-order valence-corrected chi connectivity index (χ1v) is 6.54. The van der Waals surface area contributed by atoms with Gasteiger partial charge < -0.3 is 10.2 Å². The van der Waals surface area contributed by atoms with Crippen molar-refractivity contribution in [3.8, 4) is 0 Å². The summed E-state index contributed by atoms with van der Waals surface area (Å²) in [6, 6.07) is 0.780. The van der Waals surface area contributed by atoms with Gasteiger partial charge in [0.05, 0.1) is 0 Å². The number of aromatic nitrogens is 2. The number of nitrogens with one attached hydrogen (secondary N) is 1. The van der Waals surface area contributed by atoms with E-state index in [1.807, 2.05) is 0 Å². The van der Waals surface area contributed by atoms with E-state index >= 15 is 0 Å². The molecule has 0 saturated heterocycles. The minimum atomic E-state index is -4.57. The summed E-state index contributed by atoms with van der Waals surface area (Å²) in [7, 11) is 0. The molecule has 0 radical (unpaired) electrons. The molecule has 1 heterocycles. The summed E-state index contributed by atoms with van der Waals surface area (Å²) in [5, 5.41) is 5.75. The smallest absolute Gasteiger partial charge is 0.392 e. The number of carbonyl (C=O) groups is 1. The first kappa shape index (κ1) is 14.7. The van der Waals surface area contributed by atoms with Crippen molar-refractivity contribution in [2.24, 2.45) is 0 Å². The third-order valence-electron chi connectivity index (χ3n) is 3.11. The Morgan fingerprint density at radius 2 is 2.15 bits per heavy atom. The Hall–Kier alpha value is -1.73. The molecule has 1 fully saturated rings. The molecule has 0 bridgehead atoms. The molecule has 1 amide bonds. The van der Waals surface area contributed by atoms with Crippen LogP contribution in [-0.2, 0) is 11.0 Å². The van der Waals surface area contributed by atoms with Gasteiger partial charge in [-0.3, -0.25) is 4.79 Å². The van der Waals surface area contributed by atoms with E-state index in [2.05, 4.69) is 10.4 Å². The van der Waals surface area contributed by atoms with Crippen LogP contribution < -0.4 is 10.2 Å². The monoisotopic (exact) mass is 291 g/mol. The van der Waals surface area contributed by atoms with Crippen LogP contribution >= 0.6 is 0 Å². The quantitative estimate of drug-likeness (QED) is 0.927. The first-order chi connectivity index (χ1) is 9.40. The lowest BCUT2D eigenvalue weighted by Gasteiger charge is -2.14. The second-order valence-electron chi connectivity index (χ2n) is 4.70. The van der Waals surface area contributed by atoms with Gasteiger partial charge in [-0.05, 0) is 25.7 Å². The van der Waals surface area contributed by atoms with Crippen LogP contribution in [0.2, 0.25) is 0 Å². The average molecular weight is 291 g/mol. The molecule has 0 spiro atoms. The predicted octanol–water partition coefficient (Wildman–Crippen LogP) is 2.62. The zero-order valence-corrected chi connectivity index (χ0v) is 11.0. The molecule has 5 nitrogen and oxygen atoms in total. The Balaban J connectivity index is 2.21. The van der Waals surface area contributed by atoms with E-state index in [1.165, 1.54) is 0 Å². The maximum absolute atomic E-state index is 12.7. The van der Waals surface area contributed by atoms with E-state index in [0.29, 0.717) is 0 Å². The van der Waals surface area contributed by atoms with Crippen LogP contribution in [0.5, 0.6) is 0 Å². The molecule has 0 unspecified atom stereocenters. The standard InChI is InChI=1S/C12H16F3N3O2/c1-2-11(19)16-10-7-9(12(13,14)15)17-18(10)20-8-5-3-4-6-8/h7-8H,2-6H2,1H3,(H,16,19). The zero-order valence-electron chi connectivity index (χ0n) is 11.0. The number of nitrogens with zero attached hydrogens (tertiary/aromatic N) is 2. The molecule has 1 aromatic heterocycles. The lowest BCUT2D eigenvalue weighted by molar-refractivity contribution is -0.143. The largest absolute Gasteiger partial charge is 0.435 e. The van der Waals surface area contributed by atoms with E-state index in [4.69, 9.17) is 4.84 Å². The van der Waals surface area contributed by atoms with Crippen LogP contribution in [-0.4, -0.2) is 22.0 Å².